The zero-order valence-electron chi connectivity index (χ0n) is 14.8. The number of hydrogen-bond donors (Lipinski definition) is 2. The molecular weight excluding hydrogens is 318 g/mol. The number of amides is 4. The lowest BCUT2D eigenvalue weighted by atomic mass is 10.1. The van der Waals surface area contributed by atoms with Gasteiger partial charge in [0, 0.05) is 63.9 Å². The van der Waals surface area contributed by atoms with Crippen LogP contribution >= 0.6 is 0 Å². The van der Waals surface area contributed by atoms with E-state index in [0.717, 1.165) is 11.9 Å². The highest BCUT2D eigenvalue weighted by Crippen LogP contribution is 2.17. The van der Waals surface area contributed by atoms with Gasteiger partial charge in [-0.3, -0.25) is 0 Å². The fourth-order valence-corrected chi connectivity index (χ4v) is 3.14. The zero-order chi connectivity index (χ0) is 17.8. The molecule has 1 aromatic heterocycles. The van der Waals surface area contributed by atoms with Gasteiger partial charge in [-0.1, -0.05) is 18.2 Å². The minimum atomic E-state index is -0.0585. The maximum absolute atomic E-state index is 12.3. The van der Waals surface area contributed by atoms with E-state index in [9.17, 15) is 9.59 Å². The lowest BCUT2D eigenvalue weighted by molar-refractivity contribution is 0.129. The van der Waals surface area contributed by atoms with Crippen LogP contribution in [0.4, 0.5) is 9.59 Å². The van der Waals surface area contributed by atoms with Crippen molar-refractivity contribution in [3.63, 3.8) is 0 Å². The number of carbonyl (C=O) groups is 2. The van der Waals surface area contributed by atoms with E-state index in [-0.39, 0.29) is 12.1 Å². The Bertz CT molecular complexity index is 747. The zero-order valence-corrected chi connectivity index (χ0v) is 14.8. The molecule has 0 bridgehead atoms. The summed E-state index contributed by atoms with van der Waals surface area (Å²) in [6.07, 6.45) is 2.79. The molecule has 1 saturated heterocycles. The van der Waals surface area contributed by atoms with E-state index in [4.69, 9.17) is 0 Å². The van der Waals surface area contributed by atoms with Crippen LogP contribution in [0, 0.1) is 0 Å². The smallest absolute Gasteiger partial charge is 0.319 e. The van der Waals surface area contributed by atoms with E-state index >= 15 is 0 Å². The van der Waals surface area contributed by atoms with Gasteiger partial charge in [-0.05, 0) is 18.1 Å². The summed E-state index contributed by atoms with van der Waals surface area (Å²) in [4.78, 5) is 32.6. The van der Waals surface area contributed by atoms with E-state index in [2.05, 4.69) is 16.4 Å². The molecule has 3 rings (SSSR count). The molecule has 0 aliphatic carbocycles. The standard InChI is InChI=1S/C18H25N5O2/c1-21(2)18(25)23-11-9-22(10-12-23)17(24)19-8-7-14-13-20-16-6-4-3-5-15(14)16/h3-6,13,20H,7-12H2,1-2H3,(H,19,24). The monoisotopic (exact) mass is 343 g/mol. The van der Waals surface area contributed by atoms with Crippen molar-refractivity contribution >= 4 is 23.0 Å². The maximum atomic E-state index is 12.3. The molecule has 2 heterocycles. The van der Waals surface area contributed by atoms with Gasteiger partial charge in [0.2, 0.25) is 0 Å². The summed E-state index contributed by atoms with van der Waals surface area (Å²) in [6, 6.07) is 8.10. The van der Waals surface area contributed by atoms with Crippen LogP contribution in [0.1, 0.15) is 5.56 Å². The lowest BCUT2D eigenvalue weighted by Gasteiger charge is -2.35. The number of para-hydroxylation sites is 1. The number of hydrogen-bond acceptors (Lipinski definition) is 2. The molecule has 2 aromatic rings. The fraction of sp³-hybridized carbons (Fsp3) is 0.444. The van der Waals surface area contributed by atoms with Crippen LogP contribution in [0.3, 0.4) is 0 Å². The minimum absolute atomic E-state index is 0.000561. The number of benzene rings is 1. The first-order valence-electron chi connectivity index (χ1n) is 8.60. The molecule has 1 aliphatic heterocycles. The average Bonchev–Trinajstić information content (AvgIpc) is 3.04. The van der Waals surface area contributed by atoms with E-state index in [1.807, 2.05) is 24.4 Å². The van der Waals surface area contributed by atoms with Gasteiger partial charge in [0.05, 0.1) is 0 Å². The van der Waals surface area contributed by atoms with Crippen LogP contribution in [0.2, 0.25) is 0 Å². The predicted molar refractivity (Wildman–Crippen MR) is 97.6 cm³/mol. The van der Waals surface area contributed by atoms with Gasteiger partial charge < -0.3 is 25.0 Å². The number of urea groups is 2. The molecule has 0 atom stereocenters. The largest absolute Gasteiger partial charge is 0.361 e. The summed E-state index contributed by atoms with van der Waals surface area (Å²) in [5.41, 5.74) is 2.32. The van der Waals surface area contributed by atoms with Gasteiger partial charge >= 0.3 is 12.1 Å². The van der Waals surface area contributed by atoms with Gasteiger partial charge in [-0.25, -0.2) is 9.59 Å². The Kier molecular flexibility index (Phi) is 5.11. The first-order chi connectivity index (χ1) is 12.1. The van der Waals surface area contributed by atoms with Crippen molar-refractivity contribution in [3.05, 3.63) is 36.0 Å². The number of H-pyrrole nitrogens is 1. The second-order valence-corrected chi connectivity index (χ2v) is 6.49. The van der Waals surface area contributed by atoms with Gasteiger partial charge in [-0.15, -0.1) is 0 Å². The number of aromatic amines is 1. The van der Waals surface area contributed by atoms with Crippen molar-refractivity contribution in [2.45, 2.75) is 6.42 Å². The molecule has 1 aliphatic rings. The van der Waals surface area contributed by atoms with E-state index in [1.165, 1.54) is 10.9 Å². The topological polar surface area (TPSA) is 71.7 Å². The van der Waals surface area contributed by atoms with Crippen molar-refractivity contribution in [3.8, 4) is 0 Å². The Labute approximate surface area is 147 Å². The van der Waals surface area contributed by atoms with Crippen LogP contribution in [0.5, 0.6) is 0 Å². The highest BCUT2D eigenvalue weighted by Gasteiger charge is 2.24. The quantitative estimate of drug-likeness (QED) is 0.891. The molecule has 2 N–H and O–H groups in total. The normalized spacial score (nSPS) is 14.6. The molecule has 7 heteroatoms. The summed E-state index contributed by atoms with van der Waals surface area (Å²) in [7, 11) is 3.48. The first-order valence-corrected chi connectivity index (χ1v) is 8.60. The van der Waals surface area contributed by atoms with Crippen LogP contribution < -0.4 is 5.32 Å². The van der Waals surface area contributed by atoms with Crippen molar-refractivity contribution in [1.29, 1.82) is 0 Å². The summed E-state index contributed by atoms with van der Waals surface area (Å²) < 4.78 is 0. The predicted octanol–water partition coefficient (Wildman–Crippen LogP) is 1.72. The number of aromatic nitrogens is 1. The second-order valence-electron chi connectivity index (χ2n) is 6.49. The molecule has 0 unspecified atom stereocenters. The number of nitrogens with zero attached hydrogens (tertiary/aromatic N) is 3. The van der Waals surface area contributed by atoms with Gasteiger partial charge in [0.1, 0.15) is 0 Å². The molecule has 1 aromatic carbocycles. The molecule has 0 saturated carbocycles. The first kappa shape index (κ1) is 17.1. The van der Waals surface area contributed by atoms with Crippen molar-refractivity contribution in [2.75, 3.05) is 46.8 Å². The lowest BCUT2D eigenvalue weighted by Crippen LogP contribution is -2.55. The SMILES string of the molecule is CN(C)C(=O)N1CCN(C(=O)NCCc2c[nH]c3ccccc23)CC1. The molecule has 134 valence electrons. The van der Waals surface area contributed by atoms with Crippen molar-refractivity contribution in [2.24, 2.45) is 0 Å². The molecule has 0 radical (unpaired) electrons. The third-order valence-corrected chi connectivity index (χ3v) is 4.57. The Morgan fingerprint density at radius 3 is 2.52 bits per heavy atom. The molecule has 7 nitrogen and oxygen atoms in total. The van der Waals surface area contributed by atoms with Crippen molar-refractivity contribution in [1.82, 2.24) is 25.0 Å². The highest BCUT2D eigenvalue weighted by atomic mass is 16.2. The number of rotatable bonds is 3. The maximum Gasteiger partial charge on any atom is 0.319 e. The fourth-order valence-electron chi connectivity index (χ4n) is 3.14. The number of carbonyl (C=O) groups excluding carboxylic acids is 2. The van der Waals surface area contributed by atoms with Gasteiger partial charge in [-0.2, -0.15) is 0 Å². The Balaban J connectivity index is 1.45. The highest BCUT2D eigenvalue weighted by molar-refractivity contribution is 5.83. The van der Waals surface area contributed by atoms with E-state index in [0.29, 0.717) is 32.7 Å². The van der Waals surface area contributed by atoms with E-state index in [1.54, 1.807) is 28.8 Å². The average molecular weight is 343 g/mol. The summed E-state index contributed by atoms with van der Waals surface area (Å²) >= 11 is 0. The van der Waals surface area contributed by atoms with E-state index < -0.39 is 0 Å². The van der Waals surface area contributed by atoms with Crippen LogP contribution in [0.25, 0.3) is 10.9 Å². The van der Waals surface area contributed by atoms with Crippen LogP contribution in [-0.2, 0) is 6.42 Å². The summed E-state index contributed by atoms with van der Waals surface area (Å²) in [5, 5.41) is 4.18. The Hall–Kier alpha value is -2.70. The second kappa shape index (κ2) is 7.46. The Morgan fingerprint density at radius 2 is 1.80 bits per heavy atom. The molecule has 1 fully saturated rings. The number of fused-ring (bicyclic) bond motifs is 1. The third-order valence-electron chi connectivity index (χ3n) is 4.57. The van der Waals surface area contributed by atoms with Crippen molar-refractivity contribution < 1.29 is 9.59 Å². The van der Waals surface area contributed by atoms with Crippen LogP contribution in [0.15, 0.2) is 30.5 Å². The molecule has 0 spiro atoms. The number of piperazine rings is 1. The molecular formula is C18H25N5O2. The van der Waals surface area contributed by atoms with Gasteiger partial charge in [0.25, 0.3) is 0 Å². The summed E-state index contributed by atoms with van der Waals surface area (Å²) in [5.74, 6) is 0. The Morgan fingerprint density at radius 1 is 1.12 bits per heavy atom. The number of nitrogens with one attached hydrogen (secondary N) is 2. The molecule has 25 heavy (non-hydrogen) atoms. The van der Waals surface area contributed by atoms with Gasteiger partial charge in [0.15, 0.2) is 0 Å². The summed E-state index contributed by atoms with van der Waals surface area (Å²) in [6.45, 7) is 2.88. The molecule has 4 amide bonds. The van der Waals surface area contributed by atoms with Crippen LogP contribution in [-0.4, -0.2) is 78.6 Å². The minimum Gasteiger partial charge on any atom is -0.361 e. The third kappa shape index (κ3) is 3.87.